The van der Waals surface area contributed by atoms with Crippen LogP contribution in [0.4, 0.5) is 0 Å². The molecule has 1 heteroatoms. The van der Waals surface area contributed by atoms with Crippen LogP contribution in [0.5, 0.6) is 0 Å². The highest BCUT2D eigenvalue weighted by Gasteiger charge is 1.92. The molecule has 24 heavy (non-hydrogen) atoms. The summed E-state index contributed by atoms with van der Waals surface area (Å²) in [7, 11) is 0. The van der Waals surface area contributed by atoms with Crippen LogP contribution < -0.4 is 0 Å². The fourth-order valence-electron chi connectivity index (χ4n) is 2.39. The number of alkyl halides is 1. The molecule has 3 aromatic rings. The van der Waals surface area contributed by atoms with Crippen molar-refractivity contribution in [2.45, 2.75) is 5.33 Å². The van der Waals surface area contributed by atoms with Gasteiger partial charge in [0.1, 0.15) is 0 Å². The maximum absolute atomic E-state index is 3.47. The van der Waals surface area contributed by atoms with E-state index in [4.69, 9.17) is 0 Å². The second-order valence-corrected chi connectivity index (χ2v) is 6.18. The summed E-state index contributed by atoms with van der Waals surface area (Å²) in [5.74, 6) is 0. The molecule has 118 valence electrons. The Balaban J connectivity index is 1.65. The van der Waals surface area contributed by atoms with Gasteiger partial charge in [0.25, 0.3) is 0 Å². The SMILES string of the molecule is BrCc1ccc(C=Cc2ccc(C=Cc3ccccc3)cc2)cc1. The van der Waals surface area contributed by atoms with E-state index in [0.29, 0.717) is 0 Å². The van der Waals surface area contributed by atoms with Crippen molar-refractivity contribution >= 4 is 40.2 Å². The maximum atomic E-state index is 3.47. The van der Waals surface area contributed by atoms with E-state index in [1.807, 2.05) is 6.07 Å². The van der Waals surface area contributed by atoms with Gasteiger partial charge in [-0.3, -0.25) is 0 Å². The van der Waals surface area contributed by atoms with Gasteiger partial charge in [0.05, 0.1) is 0 Å². The lowest BCUT2D eigenvalue weighted by Crippen LogP contribution is -1.78. The summed E-state index contributed by atoms with van der Waals surface area (Å²) in [6.45, 7) is 0. The summed E-state index contributed by atoms with van der Waals surface area (Å²) in [6, 6.07) is 27.5. The summed E-state index contributed by atoms with van der Waals surface area (Å²) in [5, 5.41) is 0.898. The number of benzene rings is 3. The monoisotopic (exact) mass is 374 g/mol. The van der Waals surface area contributed by atoms with Crippen LogP contribution in [0.3, 0.4) is 0 Å². The van der Waals surface area contributed by atoms with Gasteiger partial charge >= 0.3 is 0 Å². The summed E-state index contributed by atoms with van der Waals surface area (Å²) < 4.78 is 0. The number of rotatable bonds is 5. The average Bonchev–Trinajstić information content (AvgIpc) is 2.67. The Morgan fingerprint density at radius 3 is 1.29 bits per heavy atom. The summed E-state index contributed by atoms with van der Waals surface area (Å²) in [5.41, 5.74) is 6.14. The van der Waals surface area contributed by atoms with Crippen molar-refractivity contribution in [3.05, 3.63) is 107 Å². The predicted molar refractivity (Wildman–Crippen MR) is 110 cm³/mol. The summed E-state index contributed by atoms with van der Waals surface area (Å²) in [6.07, 6.45) is 8.57. The molecule has 0 atom stereocenters. The molecule has 0 nitrogen and oxygen atoms in total. The van der Waals surface area contributed by atoms with E-state index in [0.717, 1.165) is 5.33 Å². The third-order valence-corrected chi connectivity index (χ3v) is 4.45. The van der Waals surface area contributed by atoms with Crippen LogP contribution in [0.1, 0.15) is 27.8 Å². The van der Waals surface area contributed by atoms with Crippen LogP contribution in [-0.2, 0) is 5.33 Å². The lowest BCUT2D eigenvalue weighted by molar-refractivity contribution is 1.43. The molecular formula is C23H19Br. The number of halogens is 1. The second-order valence-electron chi connectivity index (χ2n) is 5.62. The van der Waals surface area contributed by atoms with E-state index in [2.05, 4.69) is 113 Å². The predicted octanol–water partition coefficient (Wildman–Crippen LogP) is 6.92. The summed E-state index contributed by atoms with van der Waals surface area (Å²) in [4.78, 5) is 0. The molecule has 0 aliphatic rings. The molecule has 0 saturated heterocycles. The lowest BCUT2D eigenvalue weighted by Gasteiger charge is -1.98. The molecule has 3 aromatic carbocycles. The van der Waals surface area contributed by atoms with Crippen molar-refractivity contribution in [3.8, 4) is 0 Å². The number of hydrogen-bond donors (Lipinski definition) is 0. The van der Waals surface area contributed by atoms with Crippen molar-refractivity contribution in [1.82, 2.24) is 0 Å². The molecule has 0 aliphatic carbocycles. The smallest absolute Gasteiger partial charge is 0.0283 e. The highest BCUT2D eigenvalue weighted by atomic mass is 79.9. The van der Waals surface area contributed by atoms with Crippen LogP contribution in [0.15, 0.2) is 78.9 Å². The van der Waals surface area contributed by atoms with E-state index in [1.165, 1.54) is 27.8 Å². The molecular weight excluding hydrogens is 356 g/mol. The van der Waals surface area contributed by atoms with E-state index in [9.17, 15) is 0 Å². The van der Waals surface area contributed by atoms with Gasteiger partial charge in [-0.15, -0.1) is 0 Å². The Morgan fingerprint density at radius 2 is 0.875 bits per heavy atom. The van der Waals surface area contributed by atoms with Gasteiger partial charge in [-0.25, -0.2) is 0 Å². The molecule has 0 fully saturated rings. The Bertz CT molecular complexity index is 810. The van der Waals surface area contributed by atoms with Crippen molar-refractivity contribution in [2.75, 3.05) is 0 Å². The third-order valence-electron chi connectivity index (χ3n) is 3.81. The van der Waals surface area contributed by atoms with Gasteiger partial charge in [0, 0.05) is 5.33 Å². The first-order valence-corrected chi connectivity index (χ1v) is 9.12. The fraction of sp³-hybridized carbons (Fsp3) is 0.0435. The van der Waals surface area contributed by atoms with Gasteiger partial charge in [-0.2, -0.15) is 0 Å². The van der Waals surface area contributed by atoms with Crippen LogP contribution in [0, 0.1) is 0 Å². The van der Waals surface area contributed by atoms with E-state index in [1.54, 1.807) is 0 Å². The average molecular weight is 375 g/mol. The van der Waals surface area contributed by atoms with Crippen molar-refractivity contribution < 1.29 is 0 Å². The first-order valence-electron chi connectivity index (χ1n) is 8.00. The van der Waals surface area contributed by atoms with Gasteiger partial charge < -0.3 is 0 Å². The first-order chi connectivity index (χ1) is 11.8. The van der Waals surface area contributed by atoms with Crippen LogP contribution in [0.2, 0.25) is 0 Å². The Morgan fingerprint density at radius 1 is 0.500 bits per heavy atom. The quantitative estimate of drug-likeness (QED) is 0.335. The summed E-state index contributed by atoms with van der Waals surface area (Å²) >= 11 is 3.47. The molecule has 0 radical (unpaired) electrons. The molecule has 0 unspecified atom stereocenters. The third kappa shape index (κ3) is 4.81. The molecule has 0 heterocycles. The normalized spacial score (nSPS) is 11.4. The minimum Gasteiger partial charge on any atom is -0.0876 e. The van der Waals surface area contributed by atoms with Crippen LogP contribution >= 0.6 is 15.9 Å². The Hall–Kier alpha value is -2.38. The standard InChI is InChI=1S/C23H19Br/c24-18-23-16-14-22(15-17-23)13-12-21-10-8-20(9-11-21)7-6-19-4-2-1-3-5-19/h1-17H,18H2. The molecule has 0 spiro atoms. The van der Waals surface area contributed by atoms with E-state index in [-0.39, 0.29) is 0 Å². The zero-order valence-corrected chi connectivity index (χ0v) is 15.0. The van der Waals surface area contributed by atoms with Gasteiger partial charge in [-0.1, -0.05) is 119 Å². The second kappa shape index (κ2) is 8.47. The van der Waals surface area contributed by atoms with Crippen LogP contribution in [-0.4, -0.2) is 0 Å². The molecule has 0 N–H and O–H groups in total. The molecule has 0 amide bonds. The minimum atomic E-state index is 0.898. The van der Waals surface area contributed by atoms with Gasteiger partial charge in [-0.05, 0) is 27.8 Å². The van der Waals surface area contributed by atoms with Crippen molar-refractivity contribution in [3.63, 3.8) is 0 Å². The zero-order valence-electron chi connectivity index (χ0n) is 13.4. The van der Waals surface area contributed by atoms with Crippen LogP contribution in [0.25, 0.3) is 24.3 Å². The maximum Gasteiger partial charge on any atom is 0.0283 e. The topological polar surface area (TPSA) is 0 Å². The van der Waals surface area contributed by atoms with E-state index < -0.39 is 0 Å². The highest BCUT2D eigenvalue weighted by Crippen LogP contribution is 2.14. The molecule has 0 aliphatic heterocycles. The Labute approximate surface area is 152 Å². The first kappa shape index (κ1) is 16.5. The highest BCUT2D eigenvalue weighted by molar-refractivity contribution is 9.08. The van der Waals surface area contributed by atoms with E-state index >= 15 is 0 Å². The minimum absolute atomic E-state index is 0.898. The van der Waals surface area contributed by atoms with Crippen molar-refractivity contribution in [2.24, 2.45) is 0 Å². The van der Waals surface area contributed by atoms with Gasteiger partial charge in [0.15, 0.2) is 0 Å². The Kier molecular flexibility index (Phi) is 5.81. The molecule has 3 rings (SSSR count). The lowest BCUT2D eigenvalue weighted by atomic mass is 10.1. The fourth-order valence-corrected chi connectivity index (χ4v) is 2.76. The van der Waals surface area contributed by atoms with Crippen molar-refractivity contribution in [1.29, 1.82) is 0 Å². The van der Waals surface area contributed by atoms with Gasteiger partial charge in [0.2, 0.25) is 0 Å². The molecule has 0 bridgehead atoms. The largest absolute Gasteiger partial charge is 0.0876 e. The molecule has 0 saturated carbocycles. The molecule has 0 aromatic heterocycles. The zero-order chi connectivity index (χ0) is 16.6. The number of hydrogen-bond acceptors (Lipinski definition) is 0.